The van der Waals surface area contributed by atoms with E-state index in [9.17, 15) is 13.2 Å². The summed E-state index contributed by atoms with van der Waals surface area (Å²) in [5.41, 5.74) is 1.70. The van der Waals surface area contributed by atoms with Crippen molar-refractivity contribution in [3.05, 3.63) is 89.9 Å². The Hall–Kier alpha value is -3.76. The number of pyridine rings is 1. The standard InChI is InChI=1S/C23H23N5O4S/c1-27(16-17-8-4-3-5-9-17)33(30,31)20-14-18(11-12-19(20)32-2)23(29)24-15-22-26-25-21-10-6-7-13-28(21)22/h3-14H,15-16H2,1-2H3,(H,24,29). The van der Waals surface area contributed by atoms with Gasteiger partial charge in [-0.1, -0.05) is 36.4 Å². The highest BCUT2D eigenvalue weighted by atomic mass is 32.2. The van der Waals surface area contributed by atoms with E-state index in [1.807, 2.05) is 48.5 Å². The lowest BCUT2D eigenvalue weighted by atomic mass is 10.2. The van der Waals surface area contributed by atoms with E-state index >= 15 is 0 Å². The molecule has 1 amide bonds. The summed E-state index contributed by atoms with van der Waals surface area (Å²) in [7, 11) is -1.04. The number of carbonyl (C=O) groups is 1. The summed E-state index contributed by atoms with van der Waals surface area (Å²) in [5, 5.41) is 10.9. The zero-order chi connectivity index (χ0) is 23.4. The topological polar surface area (TPSA) is 106 Å². The molecule has 2 aromatic heterocycles. The van der Waals surface area contributed by atoms with Crippen LogP contribution in [0.5, 0.6) is 5.75 Å². The van der Waals surface area contributed by atoms with Gasteiger partial charge in [-0.25, -0.2) is 8.42 Å². The fourth-order valence-electron chi connectivity index (χ4n) is 3.39. The molecule has 9 nitrogen and oxygen atoms in total. The summed E-state index contributed by atoms with van der Waals surface area (Å²) in [6, 6.07) is 19.1. The number of aromatic nitrogens is 3. The van der Waals surface area contributed by atoms with Gasteiger partial charge in [0.15, 0.2) is 11.5 Å². The third kappa shape index (κ3) is 4.71. The summed E-state index contributed by atoms with van der Waals surface area (Å²) in [4.78, 5) is 12.7. The molecule has 4 rings (SSSR count). The average Bonchev–Trinajstić information content (AvgIpc) is 3.25. The molecule has 10 heteroatoms. The molecular formula is C23H23N5O4S. The van der Waals surface area contributed by atoms with Crippen LogP contribution in [0, 0.1) is 0 Å². The second-order valence-electron chi connectivity index (χ2n) is 7.34. The van der Waals surface area contributed by atoms with Gasteiger partial charge in [-0.05, 0) is 35.9 Å². The Morgan fingerprint density at radius 2 is 1.82 bits per heavy atom. The van der Waals surface area contributed by atoms with E-state index in [1.165, 1.54) is 36.7 Å². The van der Waals surface area contributed by atoms with Crippen LogP contribution in [0.4, 0.5) is 0 Å². The molecule has 0 aliphatic rings. The van der Waals surface area contributed by atoms with Gasteiger partial charge < -0.3 is 10.1 Å². The van der Waals surface area contributed by atoms with Gasteiger partial charge in [0.2, 0.25) is 10.0 Å². The zero-order valence-electron chi connectivity index (χ0n) is 18.2. The second-order valence-corrected chi connectivity index (χ2v) is 9.35. The lowest BCUT2D eigenvalue weighted by Crippen LogP contribution is -2.28. The summed E-state index contributed by atoms with van der Waals surface area (Å²) in [6.07, 6.45) is 1.80. The molecule has 0 aliphatic carbocycles. The number of nitrogens with one attached hydrogen (secondary N) is 1. The predicted octanol–water partition coefficient (Wildman–Crippen LogP) is 2.49. The van der Waals surface area contributed by atoms with E-state index in [2.05, 4.69) is 15.5 Å². The van der Waals surface area contributed by atoms with E-state index in [1.54, 1.807) is 10.6 Å². The molecule has 0 bridgehead atoms. The summed E-state index contributed by atoms with van der Waals surface area (Å²) >= 11 is 0. The molecule has 0 atom stereocenters. The fourth-order valence-corrected chi connectivity index (χ4v) is 4.72. The number of methoxy groups -OCH3 is 1. The minimum absolute atomic E-state index is 0.0796. The smallest absolute Gasteiger partial charge is 0.251 e. The van der Waals surface area contributed by atoms with Crippen molar-refractivity contribution < 1.29 is 17.9 Å². The van der Waals surface area contributed by atoms with Crippen molar-refractivity contribution in [3.8, 4) is 5.75 Å². The number of sulfonamides is 1. The monoisotopic (exact) mass is 465 g/mol. The maximum atomic E-state index is 13.3. The van der Waals surface area contributed by atoms with Crippen LogP contribution < -0.4 is 10.1 Å². The van der Waals surface area contributed by atoms with Crippen LogP contribution in [0.1, 0.15) is 21.7 Å². The van der Waals surface area contributed by atoms with Gasteiger partial charge in [0.05, 0.1) is 13.7 Å². The van der Waals surface area contributed by atoms with Crippen molar-refractivity contribution >= 4 is 21.6 Å². The fraction of sp³-hybridized carbons (Fsp3) is 0.174. The predicted molar refractivity (Wildman–Crippen MR) is 122 cm³/mol. The highest BCUT2D eigenvalue weighted by Gasteiger charge is 2.26. The van der Waals surface area contributed by atoms with Crippen LogP contribution in [0.15, 0.2) is 77.8 Å². The van der Waals surface area contributed by atoms with Crippen LogP contribution in [0.25, 0.3) is 5.65 Å². The van der Waals surface area contributed by atoms with Gasteiger partial charge in [0.25, 0.3) is 5.91 Å². The number of ether oxygens (including phenoxy) is 1. The van der Waals surface area contributed by atoms with Crippen molar-refractivity contribution in [3.63, 3.8) is 0 Å². The molecule has 0 fully saturated rings. The number of amides is 1. The molecule has 0 radical (unpaired) electrons. The lowest BCUT2D eigenvalue weighted by Gasteiger charge is -2.19. The van der Waals surface area contributed by atoms with Crippen LogP contribution in [0.3, 0.4) is 0 Å². The Labute approximate surface area is 191 Å². The minimum atomic E-state index is -3.92. The quantitative estimate of drug-likeness (QED) is 0.429. The minimum Gasteiger partial charge on any atom is -0.495 e. The van der Waals surface area contributed by atoms with Crippen molar-refractivity contribution in [1.29, 1.82) is 0 Å². The van der Waals surface area contributed by atoms with Crippen molar-refractivity contribution in [1.82, 2.24) is 24.2 Å². The molecule has 0 unspecified atom stereocenters. The van der Waals surface area contributed by atoms with E-state index < -0.39 is 15.9 Å². The third-order valence-corrected chi connectivity index (χ3v) is 6.98. The lowest BCUT2D eigenvalue weighted by molar-refractivity contribution is 0.0949. The number of fused-ring (bicyclic) bond motifs is 1. The Balaban J connectivity index is 1.56. The Bertz CT molecular complexity index is 1390. The molecule has 2 heterocycles. The first-order valence-electron chi connectivity index (χ1n) is 10.2. The summed E-state index contributed by atoms with van der Waals surface area (Å²) in [5.74, 6) is 0.283. The molecule has 0 aliphatic heterocycles. The molecule has 0 saturated carbocycles. The van der Waals surface area contributed by atoms with Crippen molar-refractivity contribution in [2.24, 2.45) is 0 Å². The first-order valence-corrected chi connectivity index (χ1v) is 11.6. The maximum absolute atomic E-state index is 13.3. The molecule has 4 aromatic rings. The zero-order valence-corrected chi connectivity index (χ0v) is 19.0. The number of benzene rings is 2. The molecule has 0 saturated heterocycles. The van der Waals surface area contributed by atoms with Gasteiger partial charge in [0.1, 0.15) is 10.6 Å². The van der Waals surface area contributed by atoms with E-state index in [-0.39, 0.29) is 29.3 Å². The first-order chi connectivity index (χ1) is 15.9. The number of rotatable bonds is 8. The number of nitrogens with zero attached hydrogens (tertiary/aromatic N) is 4. The van der Waals surface area contributed by atoms with Crippen LogP contribution in [0.2, 0.25) is 0 Å². The molecule has 0 spiro atoms. The molecule has 2 aromatic carbocycles. The van der Waals surface area contributed by atoms with Crippen LogP contribution in [-0.4, -0.2) is 47.4 Å². The number of carbonyl (C=O) groups excluding carboxylic acids is 1. The van der Waals surface area contributed by atoms with Crippen molar-refractivity contribution in [2.45, 2.75) is 18.0 Å². The first kappa shape index (κ1) is 22.4. The van der Waals surface area contributed by atoms with E-state index in [0.717, 1.165) is 5.56 Å². The largest absolute Gasteiger partial charge is 0.495 e. The van der Waals surface area contributed by atoms with Crippen LogP contribution in [-0.2, 0) is 23.1 Å². The van der Waals surface area contributed by atoms with Gasteiger partial charge in [-0.2, -0.15) is 4.31 Å². The Kier molecular flexibility index (Phi) is 6.38. The second kappa shape index (κ2) is 9.39. The van der Waals surface area contributed by atoms with Crippen molar-refractivity contribution in [2.75, 3.05) is 14.2 Å². The van der Waals surface area contributed by atoms with Gasteiger partial charge in [0, 0.05) is 25.4 Å². The summed E-state index contributed by atoms with van der Waals surface area (Å²) in [6.45, 7) is 0.314. The Morgan fingerprint density at radius 1 is 1.06 bits per heavy atom. The van der Waals surface area contributed by atoms with E-state index in [0.29, 0.717) is 11.5 Å². The average molecular weight is 466 g/mol. The summed E-state index contributed by atoms with van der Waals surface area (Å²) < 4.78 is 34.8. The van der Waals surface area contributed by atoms with Gasteiger partial charge in [-0.3, -0.25) is 9.20 Å². The third-order valence-electron chi connectivity index (χ3n) is 5.15. The van der Waals surface area contributed by atoms with Crippen LogP contribution >= 0.6 is 0 Å². The van der Waals surface area contributed by atoms with Gasteiger partial charge in [-0.15, -0.1) is 10.2 Å². The molecule has 1 N–H and O–H groups in total. The highest BCUT2D eigenvalue weighted by Crippen LogP contribution is 2.28. The van der Waals surface area contributed by atoms with E-state index in [4.69, 9.17) is 4.74 Å². The molecule has 33 heavy (non-hydrogen) atoms. The maximum Gasteiger partial charge on any atom is 0.251 e. The highest BCUT2D eigenvalue weighted by molar-refractivity contribution is 7.89. The number of hydrogen-bond donors (Lipinski definition) is 1. The normalized spacial score (nSPS) is 11.6. The molecular weight excluding hydrogens is 442 g/mol. The molecule has 170 valence electrons. The van der Waals surface area contributed by atoms with Gasteiger partial charge >= 0.3 is 0 Å². The number of hydrogen-bond acceptors (Lipinski definition) is 6. The Morgan fingerprint density at radius 3 is 2.58 bits per heavy atom. The SMILES string of the molecule is COc1ccc(C(=O)NCc2nnc3ccccn23)cc1S(=O)(=O)N(C)Cc1ccccc1.